The fourth-order valence-electron chi connectivity index (χ4n) is 1.93. The Morgan fingerprint density at radius 1 is 1.04 bits per heavy atom. The second kappa shape index (κ2) is 7.44. The van der Waals surface area contributed by atoms with Crippen molar-refractivity contribution in [3.05, 3.63) is 57.8 Å². The number of halogens is 3. The summed E-state index contributed by atoms with van der Waals surface area (Å²) in [5.74, 6) is -1.30. The second-order valence-electron chi connectivity index (χ2n) is 4.85. The standard InChI is InChI=1S/C16H13Cl2FN2O2/c1-9(22)20-11-3-5-14(19)15(8-11)21-16(23)7-10-2-4-12(17)13(18)6-10/h2-6,8H,7H2,1H3,(H,20,22)(H,21,23). The van der Waals surface area contributed by atoms with E-state index < -0.39 is 11.7 Å². The van der Waals surface area contributed by atoms with Gasteiger partial charge in [-0.25, -0.2) is 4.39 Å². The molecule has 0 aliphatic heterocycles. The van der Waals surface area contributed by atoms with E-state index in [4.69, 9.17) is 23.2 Å². The highest BCUT2D eigenvalue weighted by Gasteiger charge is 2.10. The predicted octanol–water partition coefficient (Wildman–Crippen LogP) is 4.27. The lowest BCUT2D eigenvalue weighted by Crippen LogP contribution is -2.16. The van der Waals surface area contributed by atoms with Crippen LogP contribution in [0.5, 0.6) is 0 Å². The number of hydrogen-bond donors (Lipinski definition) is 2. The SMILES string of the molecule is CC(=O)Nc1ccc(F)c(NC(=O)Cc2ccc(Cl)c(Cl)c2)c1. The average molecular weight is 355 g/mol. The summed E-state index contributed by atoms with van der Waals surface area (Å²) in [5, 5.41) is 5.72. The van der Waals surface area contributed by atoms with Crippen molar-refractivity contribution in [2.24, 2.45) is 0 Å². The van der Waals surface area contributed by atoms with Crippen LogP contribution in [0, 0.1) is 5.82 Å². The fourth-order valence-corrected chi connectivity index (χ4v) is 2.25. The molecule has 0 bridgehead atoms. The molecule has 2 amide bonds. The lowest BCUT2D eigenvalue weighted by Gasteiger charge is -2.09. The average Bonchev–Trinajstić information content (AvgIpc) is 2.46. The summed E-state index contributed by atoms with van der Waals surface area (Å²) in [6, 6.07) is 8.75. The van der Waals surface area contributed by atoms with Gasteiger partial charge >= 0.3 is 0 Å². The number of amides is 2. The number of rotatable bonds is 4. The third-order valence-electron chi connectivity index (χ3n) is 2.91. The molecule has 0 aliphatic carbocycles. The zero-order chi connectivity index (χ0) is 17.0. The molecule has 2 rings (SSSR count). The van der Waals surface area contributed by atoms with Crippen LogP contribution in [0.3, 0.4) is 0 Å². The largest absolute Gasteiger partial charge is 0.326 e. The van der Waals surface area contributed by atoms with Crippen LogP contribution in [-0.2, 0) is 16.0 Å². The first-order valence-electron chi connectivity index (χ1n) is 6.66. The maximum Gasteiger partial charge on any atom is 0.228 e. The molecule has 0 spiro atoms. The van der Waals surface area contributed by atoms with Gasteiger partial charge < -0.3 is 10.6 Å². The molecule has 0 atom stereocenters. The van der Waals surface area contributed by atoms with Crippen molar-refractivity contribution in [2.45, 2.75) is 13.3 Å². The summed E-state index contributed by atoms with van der Waals surface area (Å²) in [4.78, 5) is 23.0. The van der Waals surface area contributed by atoms with Crippen LogP contribution in [-0.4, -0.2) is 11.8 Å². The van der Waals surface area contributed by atoms with Gasteiger partial charge in [0.2, 0.25) is 11.8 Å². The van der Waals surface area contributed by atoms with Gasteiger partial charge in [0, 0.05) is 12.6 Å². The Kier molecular flexibility index (Phi) is 5.58. The summed E-state index contributed by atoms with van der Waals surface area (Å²) in [6.07, 6.45) is 0.0146. The normalized spacial score (nSPS) is 10.3. The van der Waals surface area contributed by atoms with Gasteiger partial charge in [0.1, 0.15) is 5.82 Å². The van der Waals surface area contributed by atoms with Gasteiger partial charge in [-0.2, -0.15) is 0 Å². The molecule has 23 heavy (non-hydrogen) atoms. The summed E-state index contributed by atoms with van der Waals surface area (Å²) >= 11 is 11.7. The van der Waals surface area contributed by atoms with Gasteiger partial charge in [-0.05, 0) is 35.9 Å². The van der Waals surface area contributed by atoms with Crippen LogP contribution in [0.2, 0.25) is 10.0 Å². The van der Waals surface area contributed by atoms with E-state index >= 15 is 0 Å². The second-order valence-corrected chi connectivity index (χ2v) is 5.66. The molecule has 0 saturated carbocycles. The third-order valence-corrected chi connectivity index (χ3v) is 3.65. The van der Waals surface area contributed by atoms with E-state index in [0.29, 0.717) is 21.3 Å². The topological polar surface area (TPSA) is 58.2 Å². The molecule has 2 aromatic carbocycles. The minimum atomic E-state index is -0.596. The molecule has 0 fully saturated rings. The quantitative estimate of drug-likeness (QED) is 0.861. The maximum absolute atomic E-state index is 13.8. The Labute approximate surface area is 142 Å². The molecule has 2 N–H and O–H groups in total. The van der Waals surface area contributed by atoms with Crippen molar-refractivity contribution < 1.29 is 14.0 Å². The van der Waals surface area contributed by atoms with Crippen LogP contribution in [0.15, 0.2) is 36.4 Å². The number of carbonyl (C=O) groups excluding carboxylic acids is 2. The molecule has 0 aliphatic rings. The van der Waals surface area contributed by atoms with Gasteiger partial charge in [-0.3, -0.25) is 9.59 Å². The van der Waals surface area contributed by atoms with Crippen molar-refractivity contribution in [3.63, 3.8) is 0 Å². The van der Waals surface area contributed by atoms with E-state index in [1.165, 1.54) is 25.1 Å². The van der Waals surface area contributed by atoms with E-state index in [1.54, 1.807) is 18.2 Å². The smallest absolute Gasteiger partial charge is 0.228 e. The molecular formula is C16H13Cl2FN2O2. The van der Waals surface area contributed by atoms with Gasteiger partial charge in [-0.1, -0.05) is 29.3 Å². The monoisotopic (exact) mass is 354 g/mol. The van der Waals surface area contributed by atoms with E-state index in [9.17, 15) is 14.0 Å². The van der Waals surface area contributed by atoms with Crippen LogP contribution < -0.4 is 10.6 Å². The molecule has 0 unspecified atom stereocenters. The van der Waals surface area contributed by atoms with Crippen molar-refractivity contribution in [1.29, 1.82) is 0 Å². The van der Waals surface area contributed by atoms with Gasteiger partial charge in [0.05, 0.1) is 22.2 Å². The highest BCUT2D eigenvalue weighted by molar-refractivity contribution is 6.42. The fraction of sp³-hybridized carbons (Fsp3) is 0.125. The predicted molar refractivity (Wildman–Crippen MR) is 89.5 cm³/mol. The number of carbonyl (C=O) groups is 2. The minimum Gasteiger partial charge on any atom is -0.326 e. The van der Waals surface area contributed by atoms with Crippen molar-refractivity contribution in [2.75, 3.05) is 10.6 Å². The lowest BCUT2D eigenvalue weighted by molar-refractivity contribution is -0.116. The van der Waals surface area contributed by atoms with Crippen molar-refractivity contribution in [3.8, 4) is 0 Å². The Balaban J connectivity index is 2.10. The summed E-state index contributed by atoms with van der Waals surface area (Å²) in [5.41, 5.74) is 1.03. The Hall–Kier alpha value is -2.11. The summed E-state index contributed by atoms with van der Waals surface area (Å²) in [6.45, 7) is 1.34. The molecule has 0 saturated heterocycles. The Morgan fingerprint density at radius 2 is 1.78 bits per heavy atom. The van der Waals surface area contributed by atoms with E-state index in [0.717, 1.165) is 0 Å². The van der Waals surface area contributed by atoms with Crippen molar-refractivity contribution in [1.82, 2.24) is 0 Å². The zero-order valence-corrected chi connectivity index (χ0v) is 13.6. The molecular weight excluding hydrogens is 342 g/mol. The van der Waals surface area contributed by atoms with Crippen molar-refractivity contribution >= 4 is 46.4 Å². The first kappa shape index (κ1) is 17.2. The molecule has 2 aromatic rings. The van der Waals surface area contributed by atoms with Gasteiger partial charge in [0.15, 0.2) is 0 Å². The Morgan fingerprint density at radius 3 is 2.43 bits per heavy atom. The van der Waals surface area contributed by atoms with Crippen LogP contribution in [0.1, 0.15) is 12.5 Å². The summed E-state index contributed by atoms with van der Waals surface area (Å²) < 4.78 is 13.8. The van der Waals surface area contributed by atoms with E-state index in [1.807, 2.05) is 0 Å². The molecule has 4 nitrogen and oxygen atoms in total. The van der Waals surface area contributed by atoms with Crippen LogP contribution >= 0.6 is 23.2 Å². The van der Waals surface area contributed by atoms with E-state index in [2.05, 4.69) is 10.6 Å². The Bertz CT molecular complexity index is 766. The molecule has 120 valence electrons. The number of nitrogens with one attached hydrogen (secondary N) is 2. The number of hydrogen-bond acceptors (Lipinski definition) is 2. The lowest BCUT2D eigenvalue weighted by atomic mass is 10.1. The third kappa shape index (κ3) is 4.94. The molecule has 0 heterocycles. The highest BCUT2D eigenvalue weighted by Crippen LogP contribution is 2.23. The molecule has 0 radical (unpaired) electrons. The van der Waals surface area contributed by atoms with Crippen LogP contribution in [0.4, 0.5) is 15.8 Å². The van der Waals surface area contributed by atoms with Gasteiger partial charge in [0.25, 0.3) is 0 Å². The summed E-state index contributed by atoms with van der Waals surface area (Å²) in [7, 11) is 0. The van der Waals surface area contributed by atoms with Gasteiger partial charge in [-0.15, -0.1) is 0 Å². The van der Waals surface area contributed by atoms with Crippen LogP contribution in [0.25, 0.3) is 0 Å². The maximum atomic E-state index is 13.8. The first-order valence-corrected chi connectivity index (χ1v) is 7.41. The molecule has 0 aromatic heterocycles. The number of anilines is 2. The first-order chi connectivity index (χ1) is 10.8. The number of benzene rings is 2. The minimum absolute atomic E-state index is 0.0127. The molecule has 7 heteroatoms. The zero-order valence-electron chi connectivity index (χ0n) is 12.1. The highest BCUT2D eigenvalue weighted by atomic mass is 35.5. The van der Waals surface area contributed by atoms with E-state index in [-0.39, 0.29) is 18.0 Å².